The summed E-state index contributed by atoms with van der Waals surface area (Å²) in [4.78, 5) is 6.34. The van der Waals surface area contributed by atoms with Gasteiger partial charge in [-0.2, -0.15) is 18.3 Å². The van der Waals surface area contributed by atoms with Gasteiger partial charge < -0.3 is 10.2 Å². The number of alkyl halides is 3. The summed E-state index contributed by atoms with van der Waals surface area (Å²) in [6.07, 6.45) is -0.791. The average Bonchev–Trinajstić information content (AvgIpc) is 3.05. The van der Waals surface area contributed by atoms with Crippen molar-refractivity contribution in [2.75, 3.05) is 20.1 Å². The molecular formula is C16H26F3N5. The highest BCUT2D eigenvalue weighted by atomic mass is 19.4. The number of nitrogens with zero attached hydrogens (tertiary/aromatic N) is 4. The number of hydrogen-bond donors (Lipinski definition) is 1. The van der Waals surface area contributed by atoms with E-state index in [2.05, 4.69) is 34.2 Å². The first-order chi connectivity index (χ1) is 11.2. The lowest BCUT2D eigenvalue weighted by Crippen LogP contribution is -2.39. The van der Waals surface area contributed by atoms with Crippen molar-refractivity contribution in [3.05, 3.63) is 17.5 Å². The Morgan fingerprint density at radius 3 is 2.75 bits per heavy atom. The number of hydrogen-bond acceptors (Lipinski definition) is 2. The van der Waals surface area contributed by atoms with Crippen LogP contribution in [0.15, 0.2) is 11.2 Å². The van der Waals surface area contributed by atoms with Crippen LogP contribution in [-0.4, -0.2) is 40.8 Å². The Hall–Kier alpha value is -1.73. The van der Waals surface area contributed by atoms with Crippen LogP contribution in [0, 0.1) is 11.8 Å². The van der Waals surface area contributed by atoms with Gasteiger partial charge in [0.05, 0.1) is 0 Å². The van der Waals surface area contributed by atoms with E-state index in [1.165, 1.54) is 17.9 Å². The molecule has 0 aromatic carbocycles. The molecule has 0 bridgehead atoms. The van der Waals surface area contributed by atoms with Gasteiger partial charge in [0.25, 0.3) is 0 Å². The molecule has 24 heavy (non-hydrogen) atoms. The number of nitrogens with one attached hydrogen (secondary N) is 1. The van der Waals surface area contributed by atoms with Crippen molar-refractivity contribution in [1.82, 2.24) is 20.0 Å². The monoisotopic (exact) mass is 345 g/mol. The smallest absolute Gasteiger partial charge is 0.352 e. The highest BCUT2D eigenvalue weighted by molar-refractivity contribution is 5.80. The molecule has 1 atom stereocenters. The molecule has 1 fully saturated rings. The second-order valence-corrected chi connectivity index (χ2v) is 6.81. The topological polar surface area (TPSA) is 45.5 Å². The fourth-order valence-electron chi connectivity index (χ4n) is 3.30. The molecule has 1 aromatic rings. The Morgan fingerprint density at radius 1 is 1.46 bits per heavy atom. The molecule has 136 valence electrons. The summed E-state index contributed by atoms with van der Waals surface area (Å²) in [6, 6.07) is 0. The molecule has 8 heteroatoms. The van der Waals surface area contributed by atoms with Gasteiger partial charge in [-0.15, -0.1) is 0 Å². The summed E-state index contributed by atoms with van der Waals surface area (Å²) in [5.41, 5.74) is -0.712. The molecule has 1 aromatic heterocycles. The minimum absolute atomic E-state index is 0.0563. The third-order valence-electron chi connectivity index (χ3n) is 4.21. The molecule has 0 spiro atoms. The van der Waals surface area contributed by atoms with Crippen LogP contribution in [0.3, 0.4) is 0 Å². The van der Waals surface area contributed by atoms with Crippen molar-refractivity contribution in [1.29, 1.82) is 0 Å². The van der Waals surface area contributed by atoms with E-state index in [0.717, 1.165) is 25.9 Å². The number of aryl methyl sites for hydroxylation is 1. The average molecular weight is 345 g/mol. The van der Waals surface area contributed by atoms with Crippen molar-refractivity contribution in [3.8, 4) is 0 Å². The first-order valence-corrected chi connectivity index (χ1v) is 8.26. The highest BCUT2D eigenvalue weighted by Gasteiger charge is 2.37. The molecule has 0 radical (unpaired) electrons. The van der Waals surface area contributed by atoms with Crippen LogP contribution in [0.5, 0.6) is 0 Å². The Labute approximate surface area is 140 Å². The Bertz CT molecular complexity index is 577. The Kier molecular flexibility index (Phi) is 5.77. The minimum Gasteiger partial charge on any atom is -0.352 e. The molecular weight excluding hydrogens is 319 g/mol. The van der Waals surface area contributed by atoms with Crippen molar-refractivity contribution in [3.63, 3.8) is 0 Å². The number of rotatable bonds is 4. The van der Waals surface area contributed by atoms with Crippen LogP contribution in [0.1, 0.15) is 37.9 Å². The third kappa shape index (κ3) is 4.64. The van der Waals surface area contributed by atoms with Crippen LogP contribution in [0.25, 0.3) is 0 Å². The molecule has 0 amide bonds. The van der Waals surface area contributed by atoms with Gasteiger partial charge in [0.1, 0.15) is 0 Å². The standard InChI is InChI=1S/C16H26F3N5/c1-11(2)7-12-5-6-24(9-12)15(20-3)21-8-13-10-23(4)22-14(13)16(17,18)19/h10-12H,5-9H2,1-4H3,(H,20,21). The van der Waals surface area contributed by atoms with Gasteiger partial charge >= 0.3 is 6.18 Å². The summed E-state index contributed by atoms with van der Waals surface area (Å²) in [7, 11) is 3.15. The van der Waals surface area contributed by atoms with Gasteiger partial charge in [-0.3, -0.25) is 9.67 Å². The molecule has 2 heterocycles. The van der Waals surface area contributed by atoms with E-state index in [1.54, 1.807) is 7.05 Å². The van der Waals surface area contributed by atoms with E-state index in [1.807, 2.05) is 0 Å². The van der Waals surface area contributed by atoms with Crippen molar-refractivity contribution in [2.24, 2.45) is 23.9 Å². The van der Waals surface area contributed by atoms with Crippen LogP contribution in [0.4, 0.5) is 13.2 Å². The molecule has 1 aliphatic rings. The molecule has 0 aliphatic carbocycles. The molecule has 0 saturated carbocycles. The normalized spacial score (nSPS) is 19.4. The summed E-state index contributed by atoms with van der Waals surface area (Å²) >= 11 is 0. The minimum atomic E-state index is -4.45. The number of likely N-dealkylation sites (tertiary alicyclic amines) is 1. The van der Waals surface area contributed by atoms with Gasteiger partial charge in [-0.1, -0.05) is 13.8 Å². The lowest BCUT2D eigenvalue weighted by Gasteiger charge is -2.22. The first-order valence-electron chi connectivity index (χ1n) is 8.26. The van der Waals surface area contributed by atoms with Gasteiger partial charge in [0.15, 0.2) is 11.7 Å². The maximum absolute atomic E-state index is 13.0. The van der Waals surface area contributed by atoms with Gasteiger partial charge in [-0.25, -0.2) is 0 Å². The van der Waals surface area contributed by atoms with E-state index >= 15 is 0 Å². The van der Waals surface area contributed by atoms with Crippen LogP contribution >= 0.6 is 0 Å². The zero-order valence-electron chi connectivity index (χ0n) is 14.7. The quantitative estimate of drug-likeness (QED) is 0.674. The van der Waals surface area contributed by atoms with E-state index in [9.17, 15) is 13.2 Å². The lowest BCUT2D eigenvalue weighted by molar-refractivity contribution is -0.142. The van der Waals surface area contributed by atoms with Crippen LogP contribution in [-0.2, 0) is 19.8 Å². The maximum Gasteiger partial charge on any atom is 0.435 e. The van der Waals surface area contributed by atoms with Crippen LogP contribution < -0.4 is 5.32 Å². The summed E-state index contributed by atoms with van der Waals surface area (Å²) in [6.45, 7) is 6.25. The number of aliphatic imine (C=N–C) groups is 1. The van der Waals surface area contributed by atoms with E-state index in [4.69, 9.17) is 0 Å². The van der Waals surface area contributed by atoms with E-state index < -0.39 is 11.9 Å². The summed E-state index contributed by atoms with van der Waals surface area (Å²) < 4.78 is 40.2. The van der Waals surface area contributed by atoms with Gasteiger partial charge in [0.2, 0.25) is 0 Å². The zero-order valence-corrected chi connectivity index (χ0v) is 14.7. The zero-order chi connectivity index (χ0) is 17.9. The summed E-state index contributed by atoms with van der Waals surface area (Å²) in [5.74, 6) is 1.92. The third-order valence-corrected chi connectivity index (χ3v) is 4.21. The summed E-state index contributed by atoms with van der Waals surface area (Å²) in [5, 5.41) is 6.58. The lowest BCUT2D eigenvalue weighted by atomic mass is 9.97. The fourth-order valence-corrected chi connectivity index (χ4v) is 3.30. The molecule has 5 nitrogen and oxygen atoms in total. The molecule has 2 rings (SSSR count). The first kappa shape index (κ1) is 18.6. The fraction of sp³-hybridized carbons (Fsp3) is 0.750. The number of halogens is 3. The Balaban J connectivity index is 1.98. The van der Waals surface area contributed by atoms with Gasteiger partial charge in [-0.05, 0) is 24.7 Å². The molecule has 1 saturated heterocycles. The largest absolute Gasteiger partial charge is 0.435 e. The SMILES string of the molecule is CN=C(NCc1cn(C)nc1C(F)(F)F)N1CCC(CC(C)C)C1. The molecule has 1 N–H and O–H groups in total. The maximum atomic E-state index is 13.0. The molecule has 1 unspecified atom stereocenters. The van der Waals surface area contributed by atoms with E-state index in [0.29, 0.717) is 17.8 Å². The van der Waals surface area contributed by atoms with Crippen molar-refractivity contribution < 1.29 is 13.2 Å². The number of aromatic nitrogens is 2. The predicted molar refractivity (Wildman–Crippen MR) is 87.5 cm³/mol. The van der Waals surface area contributed by atoms with Gasteiger partial charge in [0, 0.05) is 45.5 Å². The number of guanidine groups is 1. The van der Waals surface area contributed by atoms with E-state index in [-0.39, 0.29) is 12.1 Å². The Morgan fingerprint density at radius 2 is 2.17 bits per heavy atom. The van der Waals surface area contributed by atoms with Crippen molar-refractivity contribution in [2.45, 2.75) is 39.4 Å². The van der Waals surface area contributed by atoms with Crippen molar-refractivity contribution >= 4 is 5.96 Å². The second-order valence-electron chi connectivity index (χ2n) is 6.81. The van der Waals surface area contributed by atoms with Crippen LogP contribution in [0.2, 0.25) is 0 Å². The predicted octanol–water partition coefficient (Wildman–Crippen LogP) is 2.88. The second kappa shape index (κ2) is 7.44. The highest BCUT2D eigenvalue weighted by Crippen LogP contribution is 2.30. The molecule has 1 aliphatic heterocycles.